The number of aromatic nitrogens is 2. The van der Waals surface area contributed by atoms with E-state index in [2.05, 4.69) is 10.4 Å². The van der Waals surface area contributed by atoms with Crippen LogP contribution in [0.1, 0.15) is 26.7 Å². The number of ether oxygens (including phenoxy) is 1. The van der Waals surface area contributed by atoms with Crippen LogP contribution < -0.4 is 5.32 Å². The molecule has 0 aromatic carbocycles. The number of aliphatic hydroxyl groups is 1. The zero-order valence-corrected chi connectivity index (χ0v) is 11.2. The topological polar surface area (TPSA) is 59.3 Å². The van der Waals surface area contributed by atoms with E-state index in [4.69, 9.17) is 4.74 Å². The molecule has 1 aliphatic rings. The SMILES string of the molecule is CC(C)(CO)CNc1cnn(CC2CCCO2)c1. The molecule has 1 aromatic heterocycles. The predicted octanol–water partition coefficient (Wildman–Crippen LogP) is 1.49. The maximum absolute atomic E-state index is 9.19. The largest absolute Gasteiger partial charge is 0.396 e. The summed E-state index contributed by atoms with van der Waals surface area (Å²) in [5.41, 5.74) is 0.881. The van der Waals surface area contributed by atoms with Crippen molar-refractivity contribution in [1.82, 2.24) is 9.78 Å². The second-order valence-corrected chi connectivity index (χ2v) is 5.76. The number of nitrogens with one attached hydrogen (secondary N) is 1. The number of aliphatic hydroxyl groups excluding tert-OH is 1. The molecule has 2 rings (SSSR count). The van der Waals surface area contributed by atoms with Gasteiger partial charge in [0.05, 0.1) is 24.5 Å². The van der Waals surface area contributed by atoms with Gasteiger partial charge in [-0.2, -0.15) is 5.10 Å². The Hall–Kier alpha value is -1.07. The molecule has 2 N–H and O–H groups in total. The van der Waals surface area contributed by atoms with Crippen molar-refractivity contribution in [1.29, 1.82) is 0 Å². The van der Waals surface area contributed by atoms with E-state index in [9.17, 15) is 5.11 Å². The smallest absolute Gasteiger partial charge is 0.0771 e. The second kappa shape index (κ2) is 5.71. The van der Waals surface area contributed by atoms with Crippen molar-refractivity contribution in [2.24, 2.45) is 5.41 Å². The number of rotatable bonds is 6. The first-order valence-corrected chi connectivity index (χ1v) is 6.58. The number of nitrogens with zero attached hydrogens (tertiary/aromatic N) is 2. The lowest BCUT2D eigenvalue weighted by Crippen LogP contribution is -2.26. The molecule has 1 aromatic rings. The van der Waals surface area contributed by atoms with Gasteiger partial charge in [-0.25, -0.2) is 0 Å². The first-order chi connectivity index (χ1) is 8.59. The molecule has 1 fully saturated rings. The van der Waals surface area contributed by atoms with Crippen LogP contribution in [0.15, 0.2) is 12.4 Å². The summed E-state index contributed by atoms with van der Waals surface area (Å²) in [5.74, 6) is 0. The van der Waals surface area contributed by atoms with Crippen LogP contribution in [0, 0.1) is 5.41 Å². The lowest BCUT2D eigenvalue weighted by Gasteiger charge is -2.21. The lowest BCUT2D eigenvalue weighted by molar-refractivity contribution is 0.0940. The van der Waals surface area contributed by atoms with Gasteiger partial charge in [-0.15, -0.1) is 0 Å². The minimum absolute atomic E-state index is 0.114. The second-order valence-electron chi connectivity index (χ2n) is 5.76. The minimum atomic E-state index is -0.114. The van der Waals surface area contributed by atoms with Crippen LogP contribution in [-0.2, 0) is 11.3 Å². The van der Waals surface area contributed by atoms with E-state index in [1.54, 1.807) is 0 Å². The fourth-order valence-electron chi connectivity index (χ4n) is 1.95. The van der Waals surface area contributed by atoms with E-state index in [-0.39, 0.29) is 12.0 Å². The quantitative estimate of drug-likeness (QED) is 0.806. The van der Waals surface area contributed by atoms with Gasteiger partial charge in [0, 0.05) is 31.4 Å². The van der Waals surface area contributed by atoms with Crippen LogP contribution in [0.4, 0.5) is 5.69 Å². The predicted molar refractivity (Wildman–Crippen MR) is 70.6 cm³/mol. The van der Waals surface area contributed by atoms with E-state index in [0.717, 1.165) is 38.2 Å². The summed E-state index contributed by atoms with van der Waals surface area (Å²) in [6.07, 6.45) is 6.41. The van der Waals surface area contributed by atoms with Crippen LogP contribution in [0.25, 0.3) is 0 Å². The summed E-state index contributed by atoms with van der Waals surface area (Å²) in [6, 6.07) is 0. The Morgan fingerprint density at radius 1 is 1.61 bits per heavy atom. The highest BCUT2D eigenvalue weighted by Crippen LogP contribution is 2.17. The summed E-state index contributed by atoms with van der Waals surface area (Å²) in [6.45, 7) is 6.65. The van der Waals surface area contributed by atoms with Crippen molar-refractivity contribution >= 4 is 5.69 Å². The molecule has 0 aliphatic carbocycles. The molecule has 0 bridgehead atoms. The zero-order valence-electron chi connectivity index (χ0n) is 11.2. The third-order valence-corrected chi connectivity index (χ3v) is 3.25. The van der Waals surface area contributed by atoms with Crippen LogP contribution in [0.5, 0.6) is 0 Å². The summed E-state index contributed by atoms with van der Waals surface area (Å²) in [7, 11) is 0. The summed E-state index contributed by atoms with van der Waals surface area (Å²) >= 11 is 0. The van der Waals surface area contributed by atoms with Gasteiger partial charge >= 0.3 is 0 Å². The van der Waals surface area contributed by atoms with Crippen molar-refractivity contribution in [2.45, 2.75) is 39.3 Å². The molecule has 1 aliphatic heterocycles. The van der Waals surface area contributed by atoms with E-state index in [1.165, 1.54) is 0 Å². The Balaban J connectivity index is 1.82. The third kappa shape index (κ3) is 3.71. The molecular weight excluding hydrogens is 230 g/mol. The van der Waals surface area contributed by atoms with Gasteiger partial charge in [0.2, 0.25) is 0 Å². The van der Waals surface area contributed by atoms with Gasteiger partial charge in [0.15, 0.2) is 0 Å². The van der Waals surface area contributed by atoms with Gasteiger partial charge in [0.1, 0.15) is 0 Å². The van der Waals surface area contributed by atoms with Crippen LogP contribution >= 0.6 is 0 Å². The first-order valence-electron chi connectivity index (χ1n) is 6.58. The van der Waals surface area contributed by atoms with Crippen LogP contribution in [-0.4, -0.2) is 40.7 Å². The normalized spacial score (nSPS) is 20.3. The van der Waals surface area contributed by atoms with Crippen LogP contribution in [0.2, 0.25) is 0 Å². The van der Waals surface area contributed by atoms with E-state index >= 15 is 0 Å². The monoisotopic (exact) mass is 253 g/mol. The van der Waals surface area contributed by atoms with Crippen LogP contribution in [0.3, 0.4) is 0 Å². The number of anilines is 1. The first kappa shape index (κ1) is 13.4. The maximum atomic E-state index is 9.19. The van der Waals surface area contributed by atoms with Crippen molar-refractivity contribution in [2.75, 3.05) is 25.1 Å². The Morgan fingerprint density at radius 2 is 2.44 bits per heavy atom. The fourth-order valence-corrected chi connectivity index (χ4v) is 1.95. The van der Waals surface area contributed by atoms with Crippen molar-refractivity contribution in [3.05, 3.63) is 12.4 Å². The summed E-state index contributed by atoms with van der Waals surface area (Å²) < 4.78 is 7.50. The van der Waals surface area contributed by atoms with Crippen molar-refractivity contribution in [3.8, 4) is 0 Å². The van der Waals surface area contributed by atoms with Crippen molar-refractivity contribution in [3.63, 3.8) is 0 Å². The average molecular weight is 253 g/mol. The zero-order chi connectivity index (χ0) is 13.0. The average Bonchev–Trinajstić information content (AvgIpc) is 2.99. The molecule has 5 heteroatoms. The Labute approximate surface area is 108 Å². The molecule has 18 heavy (non-hydrogen) atoms. The Morgan fingerprint density at radius 3 is 3.11 bits per heavy atom. The highest BCUT2D eigenvalue weighted by molar-refractivity contribution is 5.38. The molecule has 102 valence electrons. The standard InChI is InChI=1S/C13H23N3O2/c1-13(2,10-17)9-14-11-6-15-16(7-11)8-12-4-3-5-18-12/h6-7,12,14,17H,3-5,8-10H2,1-2H3. The molecule has 5 nitrogen and oxygen atoms in total. The molecule has 2 heterocycles. The van der Waals surface area contributed by atoms with Gasteiger partial charge in [-0.3, -0.25) is 4.68 Å². The highest BCUT2D eigenvalue weighted by atomic mass is 16.5. The van der Waals surface area contributed by atoms with Gasteiger partial charge in [-0.1, -0.05) is 13.8 Å². The van der Waals surface area contributed by atoms with Gasteiger partial charge < -0.3 is 15.2 Å². The molecule has 0 radical (unpaired) electrons. The fraction of sp³-hybridized carbons (Fsp3) is 0.769. The molecule has 0 amide bonds. The minimum Gasteiger partial charge on any atom is -0.396 e. The molecule has 0 spiro atoms. The van der Waals surface area contributed by atoms with E-state index in [1.807, 2.05) is 30.9 Å². The summed E-state index contributed by atoms with van der Waals surface area (Å²) in [4.78, 5) is 0. The van der Waals surface area contributed by atoms with E-state index in [0.29, 0.717) is 6.10 Å². The number of hydrogen-bond acceptors (Lipinski definition) is 4. The third-order valence-electron chi connectivity index (χ3n) is 3.25. The molecule has 1 atom stereocenters. The molecule has 1 saturated heterocycles. The molecule has 1 unspecified atom stereocenters. The van der Waals surface area contributed by atoms with E-state index < -0.39 is 0 Å². The Bertz CT molecular complexity index is 370. The number of hydrogen-bond donors (Lipinski definition) is 2. The lowest BCUT2D eigenvalue weighted by atomic mass is 9.95. The highest BCUT2D eigenvalue weighted by Gasteiger charge is 2.18. The van der Waals surface area contributed by atoms with Gasteiger partial charge in [-0.05, 0) is 12.8 Å². The van der Waals surface area contributed by atoms with Crippen molar-refractivity contribution < 1.29 is 9.84 Å². The Kier molecular flexibility index (Phi) is 4.24. The van der Waals surface area contributed by atoms with Gasteiger partial charge in [0.25, 0.3) is 0 Å². The maximum Gasteiger partial charge on any atom is 0.0771 e. The molecule has 0 saturated carbocycles. The summed E-state index contributed by atoms with van der Waals surface area (Å²) in [5, 5.41) is 16.8. The molecular formula is C13H23N3O2.